The van der Waals surface area contributed by atoms with Crippen molar-refractivity contribution in [2.24, 2.45) is 0 Å². The van der Waals surface area contributed by atoms with Crippen LogP contribution in [0, 0.1) is 5.82 Å². The van der Waals surface area contributed by atoms with Gasteiger partial charge in [-0.25, -0.2) is 4.39 Å². The van der Waals surface area contributed by atoms with Gasteiger partial charge in [0.25, 0.3) is 5.22 Å². The number of thioether (sulfide) groups is 1. The highest BCUT2D eigenvalue weighted by molar-refractivity contribution is 7.99. The topological polar surface area (TPSA) is 68.5 Å². The second-order valence-corrected chi connectivity index (χ2v) is 6.87. The maximum absolute atomic E-state index is 12.9. The Labute approximate surface area is 168 Å². The minimum absolute atomic E-state index is 0.0210. The zero-order chi connectivity index (χ0) is 20.8. The molecule has 0 fully saturated rings. The Balaban J connectivity index is 1.53. The highest BCUT2D eigenvalue weighted by Crippen LogP contribution is 2.25. The van der Waals surface area contributed by atoms with Gasteiger partial charge in [0.2, 0.25) is 11.8 Å². The molecule has 29 heavy (non-hydrogen) atoms. The van der Waals surface area contributed by atoms with Crippen molar-refractivity contribution in [3.63, 3.8) is 0 Å². The molecule has 0 radical (unpaired) electrons. The fourth-order valence-corrected chi connectivity index (χ4v) is 3.05. The van der Waals surface area contributed by atoms with Gasteiger partial charge in [-0.3, -0.25) is 4.79 Å². The maximum atomic E-state index is 12.9. The van der Waals surface area contributed by atoms with E-state index in [0.717, 1.165) is 17.3 Å². The quantitative estimate of drug-likeness (QED) is 0.505. The molecule has 0 bridgehead atoms. The summed E-state index contributed by atoms with van der Waals surface area (Å²) in [5.74, 6) is -0.189. The zero-order valence-electron chi connectivity index (χ0n) is 15.2. The van der Waals surface area contributed by atoms with Crippen LogP contribution in [-0.4, -0.2) is 40.4 Å². The Morgan fingerprint density at radius 1 is 1.14 bits per heavy atom. The third-order valence-electron chi connectivity index (χ3n) is 3.81. The fraction of sp³-hybridized carbons (Fsp3) is 0.211. The number of ether oxygens (including phenoxy) is 1. The second-order valence-electron chi connectivity index (χ2n) is 5.94. The number of amides is 1. The molecular formula is C19H16F3N3O3S. The van der Waals surface area contributed by atoms with Crippen LogP contribution in [0.4, 0.5) is 13.2 Å². The van der Waals surface area contributed by atoms with E-state index in [2.05, 4.69) is 14.9 Å². The molecule has 3 rings (SSSR count). The number of nitrogens with zero attached hydrogens (tertiary/aromatic N) is 3. The summed E-state index contributed by atoms with van der Waals surface area (Å²) in [6.07, 6.45) is 0. The number of aromatic nitrogens is 2. The van der Waals surface area contributed by atoms with E-state index in [-0.39, 0.29) is 34.3 Å². The monoisotopic (exact) mass is 423 g/mol. The molecule has 0 unspecified atom stereocenters. The van der Waals surface area contributed by atoms with E-state index in [1.54, 1.807) is 19.2 Å². The first-order valence-electron chi connectivity index (χ1n) is 8.40. The van der Waals surface area contributed by atoms with E-state index >= 15 is 0 Å². The fourth-order valence-electron chi connectivity index (χ4n) is 2.35. The lowest BCUT2D eigenvalue weighted by Crippen LogP contribution is -2.27. The van der Waals surface area contributed by atoms with Crippen LogP contribution < -0.4 is 4.74 Å². The SMILES string of the molecule is CN(Cc1ccc(F)cc1)C(=O)CSc1nnc(-c2ccc(OC(F)F)cc2)o1. The highest BCUT2D eigenvalue weighted by atomic mass is 32.2. The van der Waals surface area contributed by atoms with Gasteiger partial charge < -0.3 is 14.1 Å². The molecule has 152 valence electrons. The number of benzene rings is 2. The van der Waals surface area contributed by atoms with E-state index in [1.807, 2.05) is 0 Å². The molecule has 6 nitrogen and oxygen atoms in total. The van der Waals surface area contributed by atoms with Crippen LogP contribution in [0.25, 0.3) is 11.5 Å². The van der Waals surface area contributed by atoms with Crippen molar-refractivity contribution in [2.75, 3.05) is 12.8 Å². The van der Waals surface area contributed by atoms with Gasteiger partial charge in [-0.2, -0.15) is 8.78 Å². The van der Waals surface area contributed by atoms with Crippen molar-refractivity contribution >= 4 is 17.7 Å². The van der Waals surface area contributed by atoms with Crippen molar-refractivity contribution in [1.82, 2.24) is 15.1 Å². The average molecular weight is 423 g/mol. The van der Waals surface area contributed by atoms with Crippen molar-refractivity contribution in [3.05, 3.63) is 59.9 Å². The lowest BCUT2D eigenvalue weighted by molar-refractivity contribution is -0.127. The van der Waals surface area contributed by atoms with Gasteiger partial charge in [-0.05, 0) is 42.0 Å². The van der Waals surface area contributed by atoms with Gasteiger partial charge in [0.05, 0.1) is 5.75 Å². The molecule has 0 aliphatic heterocycles. The van der Waals surface area contributed by atoms with Gasteiger partial charge >= 0.3 is 6.61 Å². The normalized spacial score (nSPS) is 10.9. The van der Waals surface area contributed by atoms with E-state index < -0.39 is 6.61 Å². The second kappa shape index (κ2) is 9.46. The summed E-state index contributed by atoms with van der Waals surface area (Å²) in [5.41, 5.74) is 1.34. The van der Waals surface area contributed by atoms with Crippen LogP contribution in [-0.2, 0) is 11.3 Å². The molecule has 1 heterocycles. The number of hydrogen-bond acceptors (Lipinski definition) is 6. The van der Waals surface area contributed by atoms with E-state index in [9.17, 15) is 18.0 Å². The average Bonchev–Trinajstić information content (AvgIpc) is 3.17. The Hall–Kier alpha value is -3.01. The summed E-state index contributed by atoms with van der Waals surface area (Å²) >= 11 is 1.08. The van der Waals surface area contributed by atoms with Crippen molar-refractivity contribution in [2.45, 2.75) is 18.4 Å². The summed E-state index contributed by atoms with van der Waals surface area (Å²) in [6, 6.07) is 11.7. The third kappa shape index (κ3) is 5.98. The molecule has 0 atom stereocenters. The van der Waals surface area contributed by atoms with Gasteiger partial charge in [-0.15, -0.1) is 10.2 Å². The number of halogens is 3. The first-order valence-corrected chi connectivity index (χ1v) is 9.39. The number of carbonyl (C=O) groups excluding carboxylic acids is 1. The molecule has 2 aromatic carbocycles. The van der Waals surface area contributed by atoms with Crippen LogP contribution in [0.5, 0.6) is 5.75 Å². The molecular weight excluding hydrogens is 407 g/mol. The van der Waals surface area contributed by atoms with Crippen molar-refractivity contribution in [1.29, 1.82) is 0 Å². The Morgan fingerprint density at radius 3 is 2.48 bits per heavy atom. The van der Waals surface area contributed by atoms with Crippen LogP contribution in [0.2, 0.25) is 0 Å². The molecule has 0 saturated carbocycles. The minimum Gasteiger partial charge on any atom is -0.435 e. The van der Waals surface area contributed by atoms with E-state index in [0.29, 0.717) is 12.1 Å². The lowest BCUT2D eigenvalue weighted by Gasteiger charge is -2.16. The lowest BCUT2D eigenvalue weighted by atomic mass is 10.2. The first-order chi connectivity index (χ1) is 13.9. The van der Waals surface area contributed by atoms with Crippen molar-refractivity contribution < 1.29 is 27.1 Å². The Bertz CT molecular complexity index is 949. The summed E-state index contributed by atoms with van der Waals surface area (Å²) in [7, 11) is 1.65. The highest BCUT2D eigenvalue weighted by Gasteiger charge is 2.14. The molecule has 0 saturated heterocycles. The van der Waals surface area contributed by atoms with Crippen LogP contribution in [0.3, 0.4) is 0 Å². The maximum Gasteiger partial charge on any atom is 0.387 e. The molecule has 10 heteroatoms. The Morgan fingerprint density at radius 2 is 1.83 bits per heavy atom. The van der Waals surface area contributed by atoms with Crippen LogP contribution >= 0.6 is 11.8 Å². The molecule has 3 aromatic rings. The van der Waals surface area contributed by atoms with Gasteiger partial charge in [0.1, 0.15) is 11.6 Å². The largest absolute Gasteiger partial charge is 0.435 e. The summed E-state index contributed by atoms with van der Waals surface area (Å²) in [5, 5.41) is 7.96. The number of rotatable bonds is 8. The number of carbonyl (C=O) groups is 1. The van der Waals surface area contributed by atoms with Gasteiger partial charge in [-0.1, -0.05) is 23.9 Å². The van der Waals surface area contributed by atoms with E-state index in [4.69, 9.17) is 4.42 Å². The molecule has 0 N–H and O–H groups in total. The number of hydrogen-bond donors (Lipinski definition) is 0. The summed E-state index contributed by atoms with van der Waals surface area (Å²) < 4.78 is 47.1. The zero-order valence-corrected chi connectivity index (χ0v) is 16.0. The minimum atomic E-state index is -2.90. The summed E-state index contributed by atoms with van der Waals surface area (Å²) in [6.45, 7) is -2.55. The molecule has 0 aliphatic rings. The van der Waals surface area contributed by atoms with Crippen molar-refractivity contribution in [3.8, 4) is 17.2 Å². The number of alkyl halides is 2. The first kappa shape index (κ1) is 20.7. The predicted molar refractivity (Wildman–Crippen MR) is 100.0 cm³/mol. The smallest absolute Gasteiger partial charge is 0.387 e. The molecule has 0 aliphatic carbocycles. The summed E-state index contributed by atoms with van der Waals surface area (Å²) in [4.78, 5) is 13.8. The molecule has 0 spiro atoms. The van der Waals surface area contributed by atoms with Crippen LogP contribution in [0.15, 0.2) is 58.2 Å². The van der Waals surface area contributed by atoms with Crippen LogP contribution in [0.1, 0.15) is 5.56 Å². The predicted octanol–water partition coefficient (Wildman–Crippen LogP) is 4.23. The Kier molecular flexibility index (Phi) is 6.76. The van der Waals surface area contributed by atoms with Gasteiger partial charge in [0.15, 0.2) is 0 Å². The standard InChI is InChI=1S/C19H16F3N3O3S/c1-25(10-12-2-6-14(20)7-3-12)16(26)11-29-19-24-23-17(28-19)13-4-8-15(9-5-13)27-18(21)22/h2-9,18H,10-11H2,1H3. The molecule has 1 amide bonds. The van der Waals surface area contributed by atoms with E-state index in [1.165, 1.54) is 41.3 Å². The third-order valence-corrected chi connectivity index (χ3v) is 4.61. The van der Waals surface area contributed by atoms with Gasteiger partial charge in [0, 0.05) is 19.2 Å². The molecule has 1 aromatic heterocycles.